The first kappa shape index (κ1) is 13.3. The van der Waals surface area contributed by atoms with Crippen molar-refractivity contribution in [1.29, 1.82) is 0 Å². The quantitative estimate of drug-likeness (QED) is 0.762. The van der Waals surface area contributed by atoms with Gasteiger partial charge in [0, 0.05) is 4.15 Å². The first-order valence-electron chi connectivity index (χ1n) is 5.28. The molecule has 1 atom stereocenters. The van der Waals surface area contributed by atoms with Gasteiger partial charge in [-0.3, -0.25) is 0 Å². The van der Waals surface area contributed by atoms with E-state index in [1.54, 1.807) is 0 Å². The van der Waals surface area contributed by atoms with Crippen molar-refractivity contribution in [3.05, 3.63) is 30.3 Å². The normalized spacial score (nSPS) is 12.8. The summed E-state index contributed by atoms with van der Waals surface area (Å²) in [7, 11) is -4.16. The maximum absolute atomic E-state index is 11.2. The van der Waals surface area contributed by atoms with Crippen molar-refractivity contribution in [2.45, 2.75) is 19.8 Å². The fourth-order valence-electron chi connectivity index (χ4n) is 1.30. The summed E-state index contributed by atoms with van der Waals surface area (Å²) in [6.07, 6.45) is 4.09. The topological polar surface area (TPSA) is 46.5 Å². The minimum absolute atomic E-state index is 0.850. The van der Waals surface area contributed by atoms with Crippen molar-refractivity contribution in [3.63, 3.8) is 0 Å². The summed E-state index contributed by atoms with van der Waals surface area (Å²) in [4.78, 5) is 0. The maximum atomic E-state index is 11.2. The average molecular weight is 258 g/mol. The van der Waals surface area contributed by atoms with Crippen molar-refractivity contribution >= 4 is 23.0 Å². The van der Waals surface area contributed by atoms with E-state index in [9.17, 15) is 8.42 Å². The zero-order valence-corrected chi connectivity index (χ0v) is 11.3. The van der Waals surface area contributed by atoms with Crippen molar-refractivity contribution < 1.29 is 8.42 Å². The van der Waals surface area contributed by atoms with Crippen LogP contribution in [0.4, 0.5) is 0 Å². The molecule has 0 saturated carbocycles. The fraction of sp³-hybridized carbons (Fsp3) is 0.455. The molecule has 0 saturated heterocycles. The molecule has 1 aromatic rings. The number of hydrogen-bond acceptors (Lipinski definition) is 2. The van der Waals surface area contributed by atoms with E-state index < -0.39 is 17.7 Å². The van der Waals surface area contributed by atoms with Crippen LogP contribution in [0.3, 0.4) is 0 Å². The maximum Gasteiger partial charge on any atom is 0.285 e. The van der Waals surface area contributed by atoms with E-state index in [0.717, 1.165) is 30.6 Å². The number of unbranched alkanes of at least 4 members (excludes halogenated alkanes) is 1. The molecule has 0 spiro atoms. The molecule has 3 nitrogen and oxygen atoms in total. The SMILES string of the molecule is CCCC[P+](=NS(C)(=O)=O)c1ccccc1. The molecule has 0 bridgehead atoms. The average Bonchev–Trinajstić information content (AvgIpc) is 2.24. The highest BCUT2D eigenvalue weighted by atomic mass is 32.2. The Morgan fingerprint density at radius 2 is 1.88 bits per heavy atom. The number of sulfonamides is 1. The standard InChI is InChI=1S/C11H17NO2PS/c1-3-4-10-15(12-16(2,13)14)11-8-6-5-7-9-11/h5-9H,3-4,10H2,1-2H3/q+1. The van der Waals surface area contributed by atoms with Crippen LogP contribution in [0.5, 0.6) is 0 Å². The molecule has 0 radical (unpaired) electrons. The molecule has 0 fully saturated rings. The van der Waals surface area contributed by atoms with E-state index in [0.29, 0.717) is 0 Å². The molecule has 0 aliphatic carbocycles. The van der Waals surface area contributed by atoms with E-state index in [2.05, 4.69) is 11.1 Å². The molecule has 0 amide bonds. The fourth-order valence-corrected chi connectivity index (χ4v) is 4.83. The van der Waals surface area contributed by atoms with Crippen LogP contribution in [0.25, 0.3) is 0 Å². The Hall–Kier alpha value is -0.730. The molecule has 88 valence electrons. The second-order valence-electron chi connectivity index (χ2n) is 3.63. The molecule has 1 aromatic carbocycles. The first-order chi connectivity index (χ1) is 7.53. The Morgan fingerprint density at radius 1 is 1.25 bits per heavy atom. The zero-order chi connectivity index (χ0) is 12.0. The summed E-state index contributed by atoms with van der Waals surface area (Å²) >= 11 is 0. The van der Waals surface area contributed by atoms with Crippen LogP contribution in [0.1, 0.15) is 19.8 Å². The van der Waals surface area contributed by atoms with Gasteiger partial charge >= 0.3 is 0 Å². The molecular weight excluding hydrogens is 241 g/mol. The van der Waals surface area contributed by atoms with Crippen molar-refractivity contribution in [1.82, 2.24) is 0 Å². The Balaban J connectivity index is 3.02. The van der Waals surface area contributed by atoms with Gasteiger partial charge in [0.05, 0.1) is 6.26 Å². The van der Waals surface area contributed by atoms with Crippen LogP contribution in [0, 0.1) is 0 Å². The van der Waals surface area contributed by atoms with E-state index >= 15 is 0 Å². The van der Waals surface area contributed by atoms with Crippen LogP contribution in [-0.2, 0) is 10.0 Å². The molecule has 5 heteroatoms. The lowest BCUT2D eigenvalue weighted by molar-refractivity contribution is 0.604. The van der Waals surface area contributed by atoms with Crippen molar-refractivity contribution in [3.8, 4) is 0 Å². The molecule has 1 unspecified atom stereocenters. The summed E-state index contributed by atoms with van der Waals surface area (Å²) in [6, 6.07) is 9.69. The highest BCUT2D eigenvalue weighted by Crippen LogP contribution is 2.27. The molecular formula is C11H17NO2PS+. The lowest BCUT2D eigenvalue weighted by atomic mass is 10.4. The molecule has 0 aromatic heterocycles. The summed E-state index contributed by atoms with van der Waals surface area (Å²) < 4.78 is 26.4. The van der Waals surface area contributed by atoms with Gasteiger partial charge in [-0.2, -0.15) is 0 Å². The first-order valence-corrected chi connectivity index (χ1v) is 8.61. The number of rotatable bonds is 5. The second kappa shape index (κ2) is 6.12. The predicted molar refractivity (Wildman–Crippen MR) is 70.0 cm³/mol. The zero-order valence-electron chi connectivity index (χ0n) is 9.63. The second-order valence-corrected chi connectivity index (χ2v) is 7.51. The lowest BCUT2D eigenvalue weighted by Crippen LogP contribution is -2.00. The predicted octanol–water partition coefficient (Wildman–Crippen LogP) is 2.74. The van der Waals surface area contributed by atoms with Gasteiger partial charge in [-0.1, -0.05) is 31.5 Å². The lowest BCUT2D eigenvalue weighted by Gasteiger charge is -1.93. The monoisotopic (exact) mass is 258 g/mol. The summed E-state index contributed by atoms with van der Waals surface area (Å²) in [5.74, 6) is 0. The van der Waals surface area contributed by atoms with Gasteiger partial charge in [0.2, 0.25) is 0 Å². The van der Waals surface area contributed by atoms with E-state index in [-0.39, 0.29) is 0 Å². The van der Waals surface area contributed by atoms with Crippen LogP contribution in [0.2, 0.25) is 0 Å². The van der Waals surface area contributed by atoms with Crippen LogP contribution >= 0.6 is 7.71 Å². The van der Waals surface area contributed by atoms with Gasteiger partial charge in [0.1, 0.15) is 6.16 Å². The van der Waals surface area contributed by atoms with Crippen LogP contribution in [0.15, 0.2) is 34.5 Å². The van der Waals surface area contributed by atoms with E-state index in [4.69, 9.17) is 0 Å². The Labute approximate surface area is 98.4 Å². The largest absolute Gasteiger partial charge is 0.285 e. The number of benzene rings is 1. The van der Waals surface area contributed by atoms with Crippen LogP contribution in [-0.4, -0.2) is 20.8 Å². The van der Waals surface area contributed by atoms with Crippen molar-refractivity contribution in [2.24, 2.45) is 4.15 Å². The molecule has 0 aliphatic rings. The smallest absolute Gasteiger partial charge is 0.202 e. The van der Waals surface area contributed by atoms with Crippen molar-refractivity contribution in [2.75, 3.05) is 12.4 Å². The highest BCUT2D eigenvalue weighted by Gasteiger charge is 2.19. The third-order valence-electron chi connectivity index (χ3n) is 2.02. The molecule has 0 aliphatic heterocycles. The van der Waals surface area contributed by atoms with Gasteiger partial charge in [0.15, 0.2) is 5.30 Å². The molecule has 1 rings (SSSR count). The number of nitrogens with zero attached hydrogens (tertiary/aromatic N) is 1. The third-order valence-corrected chi connectivity index (χ3v) is 5.63. The van der Waals surface area contributed by atoms with Gasteiger partial charge in [-0.25, -0.2) is 8.42 Å². The van der Waals surface area contributed by atoms with Gasteiger partial charge in [-0.05, 0) is 18.6 Å². The minimum atomic E-state index is -3.25. The summed E-state index contributed by atoms with van der Waals surface area (Å²) in [5.41, 5.74) is 0. The third kappa shape index (κ3) is 4.86. The van der Waals surface area contributed by atoms with Crippen LogP contribution < -0.4 is 5.30 Å². The van der Waals surface area contributed by atoms with E-state index in [1.165, 1.54) is 0 Å². The molecule has 0 N–H and O–H groups in total. The summed E-state index contributed by atoms with van der Waals surface area (Å²) in [6.45, 7) is 2.10. The Morgan fingerprint density at radius 3 is 2.38 bits per heavy atom. The molecule has 0 heterocycles. The Bertz CT molecular complexity index is 454. The Kier molecular flexibility index (Phi) is 5.10. The molecule has 16 heavy (non-hydrogen) atoms. The van der Waals surface area contributed by atoms with Gasteiger partial charge < -0.3 is 0 Å². The van der Waals surface area contributed by atoms with Gasteiger partial charge in [-0.15, -0.1) is 0 Å². The highest BCUT2D eigenvalue weighted by molar-refractivity contribution is 7.92. The van der Waals surface area contributed by atoms with E-state index in [1.807, 2.05) is 30.3 Å². The number of hydrogen-bond donors (Lipinski definition) is 0. The summed E-state index contributed by atoms with van der Waals surface area (Å²) in [5, 5.41) is 1.04. The minimum Gasteiger partial charge on any atom is -0.202 e. The van der Waals surface area contributed by atoms with Gasteiger partial charge in [0.25, 0.3) is 17.7 Å².